The Balaban J connectivity index is 1.91. The van der Waals surface area contributed by atoms with Crippen LogP contribution in [0.25, 0.3) is 0 Å². The van der Waals surface area contributed by atoms with Crippen molar-refractivity contribution in [2.75, 3.05) is 18.5 Å². The minimum absolute atomic E-state index is 0.105. The van der Waals surface area contributed by atoms with Crippen molar-refractivity contribution in [3.05, 3.63) is 10.6 Å². The topological polar surface area (TPSA) is 60.5 Å². The van der Waals surface area contributed by atoms with Crippen molar-refractivity contribution >= 4 is 22.4 Å². The largest absolute Gasteiger partial charge is 0.376 e. The molecule has 1 N–H and O–H groups in total. The third-order valence-corrected chi connectivity index (χ3v) is 4.60. The van der Waals surface area contributed by atoms with E-state index in [0.717, 1.165) is 30.0 Å². The van der Waals surface area contributed by atoms with Crippen LogP contribution in [-0.2, 0) is 14.3 Å². The van der Waals surface area contributed by atoms with Gasteiger partial charge in [-0.1, -0.05) is 13.8 Å². The van der Waals surface area contributed by atoms with E-state index in [4.69, 9.17) is 9.47 Å². The minimum Gasteiger partial charge on any atom is -0.376 e. The van der Waals surface area contributed by atoms with Gasteiger partial charge in [0.25, 0.3) is 5.91 Å². The molecule has 6 heteroatoms. The van der Waals surface area contributed by atoms with E-state index in [1.54, 1.807) is 0 Å². The molecule has 118 valence electrons. The van der Waals surface area contributed by atoms with Crippen LogP contribution in [0.1, 0.15) is 37.3 Å². The summed E-state index contributed by atoms with van der Waals surface area (Å²) in [4.78, 5) is 17.8. The second-order valence-electron chi connectivity index (χ2n) is 5.78. The van der Waals surface area contributed by atoms with E-state index < -0.39 is 6.10 Å². The Kier molecular flexibility index (Phi) is 5.72. The van der Waals surface area contributed by atoms with Crippen molar-refractivity contribution in [2.24, 2.45) is 5.92 Å². The maximum Gasteiger partial charge on any atom is 0.255 e. The zero-order valence-electron chi connectivity index (χ0n) is 13.1. The van der Waals surface area contributed by atoms with Crippen molar-refractivity contribution in [2.45, 2.75) is 52.7 Å². The average Bonchev–Trinajstić information content (AvgIpc) is 3.00. The van der Waals surface area contributed by atoms with E-state index >= 15 is 0 Å². The molecule has 1 aromatic heterocycles. The molecule has 0 aromatic carbocycles. The quantitative estimate of drug-likeness (QED) is 0.877. The molecule has 0 radical (unpaired) electrons. The molecule has 1 aliphatic rings. The SMILES string of the molecule is Cc1nc(NC(=O)[C@@H](OC[C@H]2CCCO2)C(C)C)sc1C. The molecule has 2 atom stereocenters. The fourth-order valence-electron chi connectivity index (χ4n) is 2.26. The van der Waals surface area contributed by atoms with Gasteiger partial charge in [0.15, 0.2) is 5.13 Å². The lowest BCUT2D eigenvalue weighted by Crippen LogP contribution is -2.36. The highest BCUT2D eigenvalue weighted by Crippen LogP contribution is 2.22. The number of rotatable bonds is 6. The third kappa shape index (κ3) is 4.49. The first-order valence-corrected chi connectivity index (χ1v) is 8.27. The number of thiazole rings is 1. The van der Waals surface area contributed by atoms with Gasteiger partial charge in [-0.3, -0.25) is 10.1 Å². The third-order valence-electron chi connectivity index (χ3n) is 3.61. The fourth-order valence-corrected chi connectivity index (χ4v) is 3.08. The van der Waals surface area contributed by atoms with E-state index in [2.05, 4.69) is 10.3 Å². The first-order valence-electron chi connectivity index (χ1n) is 7.45. The minimum atomic E-state index is -0.473. The number of carbonyl (C=O) groups is 1. The van der Waals surface area contributed by atoms with Crippen molar-refractivity contribution in [1.82, 2.24) is 4.98 Å². The molecule has 2 heterocycles. The highest BCUT2D eigenvalue weighted by Gasteiger charge is 2.26. The van der Waals surface area contributed by atoms with Gasteiger partial charge in [-0.2, -0.15) is 0 Å². The lowest BCUT2D eigenvalue weighted by Gasteiger charge is -2.22. The number of hydrogen-bond donors (Lipinski definition) is 1. The highest BCUT2D eigenvalue weighted by atomic mass is 32.1. The Morgan fingerprint density at radius 2 is 2.29 bits per heavy atom. The van der Waals surface area contributed by atoms with Gasteiger partial charge in [-0.05, 0) is 32.6 Å². The smallest absolute Gasteiger partial charge is 0.255 e. The van der Waals surface area contributed by atoms with Gasteiger partial charge in [0.1, 0.15) is 6.10 Å². The van der Waals surface area contributed by atoms with Crippen LogP contribution in [0.5, 0.6) is 0 Å². The van der Waals surface area contributed by atoms with Crippen LogP contribution in [0, 0.1) is 19.8 Å². The van der Waals surface area contributed by atoms with Crippen molar-refractivity contribution in [1.29, 1.82) is 0 Å². The monoisotopic (exact) mass is 312 g/mol. The average molecular weight is 312 g/mol. The molecule has 1 saturated heterocycles. The van der Waals surface area contributed by atoms with Gasteiger partial charge < -0.3 is 9.47 Å². The summed E-state index contributed by atoms with van der Waals surface area (Å²) in [5.41, 5.74) is 0.955. The number of hydrogen-bond acceptors (Lipinski definition) is 5. The van der Waals surface area contributed by atoms with Gasteiger partial charge in [0.05, 0.1) is 18.4 Å². The Morgan fingerprint density at radius 3 is 2.81 bits per heavy atom. The zero-order chi connectivity index (χ0) is 15.4. The van der Waals surface area contributed by atoms with Crippen molar-refractivity contribution < 1.29 is 14.3 Å². The van der Waals surface area contributed by atoms with E-state index in [-0.39, 0.29) is 17.9 Å². The van der Waals surface area contributed by atoms with Gasteiger partial charge in [0.2, 0.25) is 0 Å². The zero-order valence-corrected chi connectivity index (χ0v) is 14.0. The number of nitrogens with zero attached hydrogens (tertiary/aromatic N) is 1. The maximum atomic E-state index is 12.4. The second-order valence-corrected chi connectivity index (χ2v) is 6.99. The fraction of sp³-hybridized carbons (Fsp3) is 0.733. The molecule has 0 bridgehead atoms. The number of amides is 1. The van der Waals surface area contributed by atoms with Crippen LogP contribution in [0.3, 0.4) is 0 Å². The Bertz CT molecular complexity index is 462. The van der Waals surface area contributed by atoms with Crippen molar-refractivity contribution in [3.8, 4) is 0 Å². The summed E-state index contributed by atoms with van der Waals surface area (Å²) in [5.74, 6) is -0.0229. The lowest BCUT2D eigenvalue weighted by atomic mass is 10.1. The van der Waals surface area contributed by atoms with E-state index in [1.165, 1.54) is 11.3 Å². The summed E-state index contributed by atoms with van der Waals surface area (Å²) in [6, 6.07) is 0. The van der Waals surface area contributed by atoms with Gasteiger partial charge in [-0.15, -0.1) is 11.3 Å². The summed E-state index contributed by atoms with van der Waals surface area (Å²) >= 11 is 1.49. The second kappa shape index (κ2) is 7.33. The van der Waals surface area contributed by atoms with Gasteiger partial charge >= 0.3 is 0 Å². The molecule has 1 amide bonds. The summed E-state index contributed by atoms with van der Waals surface area (Å²) in [5, 5.41) is 3.50. The summed E-state index contributed by atoms with van der Waals surface area (Å²) in [7, 11) is 0. The van der Waals surface area contributed by atoms with Gasteiger partial charge in [-0.25, -0.2) is 4.98 Å². The number of ether oxygens (including phenoxy) is 2. The molecule has 0 unspecified atom stereocenters. The van der Waals surface area contributed by atoms with Crippen LogP contribution < -0.4 is 5.32 Å². The number of aromatic nitrogens is 1. The van der Waals surface area contributed by atoms with E-state index in [9.17, 15) is 4.79 Å². The van der Waals surface area contributed by atoms with Crippen LogP contribution in [0.4, 0.5) is 5.13 Å². The molecule has 21 heavy (non-hydrogen) atoms. The molecule has 5 nitrogen and oxygen atoms in total. The molecule has 0 aliphatic carbocycles. The molecule has 1 aromatic rings. The Labute approximate surface area is 130 Å². The molecular formula is C15H24N2O3S. The molecular weight excluding hydrogens is 288 g/mol. The summed E-state index contributed by atoms with van der Waals surface area (Å²) < 4.78 is 11.3. The highest BCUT2D eigenvalue weighted by molar-refractivity contribution is 7.15. The van der Waals surface area contributed by atoms with E-state index in [0.29, 0.717) is 11.7 Å². The number of anilines is 1. The Morgan fingerprint density at radius 1 is 1.52 bits per heavy atom. The molecule has 0 saturated carbocycles. The van der Waals surface area contributed by atoms with Crippen LogP contribution in [0.15, 0.2) is 0 Å². The molecule has 2 rings (SSSR count). The van der Waals surface area contributed by atoms with Crippen LogP contribution >= 0.6 is 11.3 Å². The van der Waals surface area contributed by atoms with E-state index in [1.807, 2.05) is 27.7 Å². The predicted molar refractivity (Wildman–Crippen MR) is 83.8 cm³/mol. The maximum absolute atomic E-state index is 12.4. The predicted octanol–water partition coefficient (Wildman–Crippen LogP) is 2.92. The standard InChI is InChI=1S/C15H24N2O3S/c1-9(2)13(20-8-12-6-5-7-19-12)14(18)17-15-16-10(3)11(4)21-15/h9,12-13H,5-8H2,1-4H3,(H,16,17,18)/t12-,13+/m1/s1. The molecule has 1 fully saturated rings. The van der Waals surface area contributed by atoms with Crippen LogP contribution in [-0.4, -0.2) is 36.3 Å². The molecule has 0 spiro atoms. The molecule has 1 aliphatic heterocycles. The van der Waals surface area contributed by atoms with Crippen molar-refractivity contribution in [3.63, 3.8) is 0 Å². The first kappa shape index (κ1) is 16.4. The normalized spacial score (nSPS) is 20.0. The summed E-state index contributed by atoms with van der Waals surface area (Å²) in [6.45, 7) is 9.18. The van der Waals surface area contributed by atoms with Gasteiger partial charge in [0, 0.05) is 11.5 Å². The number of aryl methyl sites for hydroxylation is 2. The first-order chi connectivity index (χ1) is 9.97. The van der Waals surface area contributed by atoms with Crippen LogP contribution in [0.2, 0.25) is 0 Å². The number of carbonyl (C=O) groups excluding carboxylic acids is 1. The lowest BCUT2D eigenvalue weighted by molar-refractivity contribution is -0.132. The Hall–Kier alpha value is -0.980. The number of nitrogens with one attached hydrogen (secondary N) is 1. The summed E-state index contributed by atoms with van der Waals surface area (Å²) in [6.07, 6.45) is 1.74.